The van der Waals surface area contributed by atoms with E-state index in [4.69, 9.17) is 0 Å². The Bertz CT molecular complexity index is 271. The van der Waals surface area contributed by atoms with Crippen LogP contribution in [0, 0.1) is 6.92 Å². The second kappa shape index (κ2) is 4.28. The van der Waals surface area contributed by atoms with Gasteiger partial charge in [-0.25, -0.2) is 0 Å². The van der Waals surface area contributed by atoms with E-state index in [1.165, 1.54) is 5.56 Å². The molecule has 0 saturated heterocycles. The van der Waals surface area contributed by atoms with Gasteiger partial charge in [0.2, 0.25) is 0 Å². The predicted octanol–water partition coefficient (Wildman–Crippen LogP) is 1.81. The first kappa shape index (κ1) is 10.1. The zero-order valence-corrected chi connectivity index (χ0v) is 8.49. The molecule has 0 spiro atoms. The Labute approximate surface area is 79.8 Å². The van der Waals surface area contributed by atoms with E-state index in [1.54, 1.807) is 6.92 Å². The third-order valence-corrected chi connectivity index (χ3v) is 1.98. The minimum Gasteiger partial charge on any atom is -0.392 e. The second-order valence-electron chi connectivity index (χ2n) is 3.57. The summed E-state index contributed by atoms with van der Waals surface area (Å²) in [6.45, 7) is 4.54. The summed E-state index contributed by atoms with van der Waals surface area (Å²) in [7, 11) is 1.99. The van der Waals surface area contributed by atoms with Crippen molar-refractivity contribution in [1.82, 2.24) is 0 Å². The van der Waals surface area contributed by atoms with Gasteiger partial charge in [-0.2, -0.15) is 0 Å². The van der Waals surface area contributed by atoms with Crippen molar-refractivity contribution in [3.05, 3.63) is 29.8 Å². The summed E-state index contributed by atoms with van der Waals surface area (Å²) in [6.07, 6.45) is -0.287. The van der Waals surface area contributed by atoms with Crippen molar-refractivity contribution in [3.63, 3.8) is 0 Å². The molecule has 0 heterocycles. The number of hydrogen-bond donors (Lipinski definition) is 1. The van der Waals surface area contributed by atoms with Gasteiger partial charge in [0.1, 0.15) is 0 Å². The van der Waals surface area contributed by atoms with Gasteiger partial charge in [0.05, 0.1) is 6.10 Å². The second-order valence-corrected chi connectivity index (χ2v) is 3.57. The highest BCUT2D eigenvalue weighted by atomic mass is 16.3. The molecule has 0 amide bonds. The molecule has 0 saturated carbocycles. The molecular weight excluding hydrogens is 162 g/mol. The van der Waals surface area contributed by atoms with Crippen LogP contribution in [-0.2, 0) is 0 Å². The molecule has 0 aliphatic carbocycles. The molecule has 0 aliphatic heterocycles. The minimum absolute atomic E-state index is 0.287. The number of benzene rings is 1. The Morgan fingerprint density at radius 2 is 2.15 bits per heavy atom. The number of anilines is 1. The van der Waals surface area contributed by atoms with Crippen molar-refractivity contribution < 1.29 is 5.11 Å². The summed E-state index contributed by atoms with van der Waals surface area (Å²) >= 11 is 0. The molecule has 0 aliphatic rings. The van der Waals surface area contributed by atoms with Crippen molar-refractivity contribution in [2.24, 2.45) is 0 Å². The van der Waals surface area contributed by atoms with E-state index < -0.39 is 0 Å². The Morgan fingerprint density at radius 3 is 2.69 bits per heavy atom. The van der Waals surface area contributed by atoms with Crippen LogP contribution in [0.5, 0.6) is 0 Å². The van der Waals surface area contributed by atoms with Crippen LogP contribution in [-0.4, -0.2) is 24.8 Å². The van der Waals surface area contributed by atoms with E-state index in [-0.39, 0.29) is 6.10 Å². The van der Waals surface area contributed by atoms with Gasteiger partial charge >= 0.3 is 0 Å². The molecule has 72 valence electrons. The molecule has 2 nitrogen and oxygen atoms in total. The molecule has 1 rings (SSSR count). The standard InChI is InChI=1S/C11H17NO/c1-9-5-4-6-11(7-9)12(3)8-10(2)13/h4-7,10,13H,8H2,1-3H3/t10-/m1/s1. The fourth-order valence-electron chi connectivity index (χ4n) is 1.37. The van der Waals surface area contributed by atoms with Gasteiger partial charge in [-0.1, -0.05) is 12.1 Å². The molecule has 1 N–H and O–H groups in total. The van der Waals surface area contributed by atoms with Crippen LogP contribution >= 0.6 is 0 Å². The average Bonchev–Trinajstić information content (AvgIpc) is 2.03. The summed E-state index contributed by atoms with van der Waals surface area (Å²) in [4.78, 5) is 2.05. The van der Waals surface area contributed by atoms with Crippen molar-refractivity contribution in [1.29, 1.82) is 0 Å². The van der Waals surface area contributed by atoms with Crippen LogP contribution < -0.4 is 4.90 Å². The van der Waals surface area contributed by atoms with Crippen LogP contribution in [0.4, 0.5) is 5.69 Å². The molecule has 1 atom stereocenters. The van der Waals surface area contributed by atoms with Gasteiger partial charge < -0.3 is 10.0 Å². The highest BCUT2D eigenvalue weighted by Gasteiger charge is 2.03. The Balaban J connectivity index is 2.71. The molecule has 13 heavy (non-hydrogen) atoms. The fourth-order valence-corrected chi connectivity index (χ4v) is 1.37. The summed E-state index contributed by atoms with van der Waals surface area (Å²) in [5.41, 5.74) is 2.40. The predicted molar refractivity (Wildman–Crippen MR) is 56.1 cm³/mol. The minimum atomic E-state index is -0.287. The third-order valence-electron chi connectivity index (χ3n) is 1.98. The summed E-state index contributed by atoms with van der Waals surface area (Å²) in [5.74, 6) is 0. The molecule has 0 fully saturated rings. The van der Waals surface area contributed by atoms with Crippen molar-refractivity contribution in [2.45, 2.75) is 20.0 Å². The van der Waals surface area contributed by atoms with E-state index in [1.807, 2.05) is 13.1 Å². The number of aliphatic hydroxyl groups excluding tert-OH is 1. The fraction of sp³-hybridized carbons (Fsp3) is 0.455. The number of aliphatic hydroxyl groups is 1. The van der Waals surface area contributed by atoms with Crippen molar-refractivity contribution in [3.8, 4) is 0 Å². The van der Waals surface area contributed by atoms with Crippen LogP contribution in [0.3, 0.4) is 0 Å². The monoisotopic (exact) mass is 179 g/mol. The SMILES string of the molecule is Cc1cccc(N(C)C[C@@H](C)O)c1. The van der Waals surface area contributed by atoms with E-state index in [9.17, 15) is 5.11 Å². The molecule has 0 aromatic heterocycles. The highest BCUT2D eigenvalue weighted by Crippen LogP contribution is 2.14. The van der Waals surface area contributed by atoms with Crippen LogP contribution in [0.1, 0.15) is 12.5 Å². The quantitative estimate of drug-likeness (QED) is 0.765. The lowest BCUT2D eigenvalue weighted by Gasteiger charge is -2.21. The number of nitrogens with zero attached hydrogens (tertiary/aromatic N) is 1. The summed E-state index contributed by atoms with van der Waals surface area (Å²) < 4.78 is 0. The Kier molecular flexibility index (Phi) is 3.32. The summed E-state index contributed by atoms with van der Waals surface area (Å²) in [6, 6.07) is 8.26. The zero-order chi connectivity index (χ0) is 9.84. The molecule has 1 aromatic carbocycles. The average molecular weight is 179 g/mol. The van der Waals surface area contributed by atoms with Gasteiger partial charge in [-0.3, -0.25) is 0 Å². The van der Waals surface area contributed by atoms with E-state index in [0.717, 1.165) is 5.69 Å². The van der Waals surface area contributed by atoms with Crippen molar-refractivity contribution in [2.75, 3.05) is 18.5 Å². The van der Waals surface area contributed by atoms with Crippen molar-refractivity contribution >= 4 is 5.69 Å². The number of hydrogen-bond acceptors (Lipinski definition) is 2. The van der Waals surface area contributed by atoms with Gasteiger partial charge in [-0.05, 0) is 31.5 Å². The lowest BCUT2D eigenvalue weighted by molar-refractivity contribution is 0.201. The smallest absolute Gasteiger partial charge is 0.0686 e. The molecule has 2 heteroatoms. The molecule has 0 radical (unpaired) electrons. The Hall–Kier alpha value is -1.02. The van der Waals surface area contributed by atoms with E-state index in [0.29, 0.717) is 6.54 Å². The van der Waals surface area contributed by atoms with E-state index in [2.05, 4.69) is 30.0 Å². The largest absolute Gasteiger partial charge is 0.392 e. The van der Waals surface area contributed by atoms with Gasteiger partial charge in [0.25, 0.3) is 0 Å². The van der Waals surface area contributed by atoms with Gasteiger partial charge in [0, 0.05) is 19.3 Å². The lowest BCUT2D eigenvalue weighted by Crippen LogP contribution is -2.26. The first-order valence-electron chi connectivity index (χ1n) is 4.55. The zero-order valence-electron chi connectivity index (χ0n) is 8.49. The molecule has 1 aromatic rings. The van der Waals surface area contributed by atoms with Crippen LogP contribution in [0.25, 0.3) is 0 Å². The van der Waals surface area contributed by atoms with Crippen LogP contribution in [0.2, 0.25) is 0 Å². The Morgan fingerprint density at radius 1 is 1.46 bits per heavy atom. The van der Waals surface area contributed by atoms with Gasteiger partial charge in [0.15, 0.2) is 0 Å². The number of likely N-dealkylation sites (N-methyl/N-ethyl adjacent to an activating group) is 1. The topological polar surface area (TPSA) is 23.5 Å². The number of aryl methyl sites for hydroxylation is 1. The maximum atomic E-state index is 9.21. The molecular formula is C11H17NO. The lowest BCUT2D eigenvalue weighted by atomic mass is 10.2. The normalized spacial score (nSPS) is 12.6. The number of rotatable bonds is 3. The first-order chi connectivity index (χ1) is 6.09. The molecule has 0 bridgehead atoms. The molecule has 0 unspecified atom stereocenters. The summed E-state index contributed by atoms with van der Waals surface area (Å²) in [5, 5.41) is 9.21. The van der Waals surface area contributed by atoms with Gasteiger partial charge in [-0.15, -0.1) is 0 Å². The van der Waals surface area contributed by atoms with E-state index >= 15 is 0 Å². The maximum Gasteiger partial charge on any atom is 0.0686 e. The first-order valence-corrected chi connectivity index (χ1v) is 4.55. The van der Waals surface area contributed by atoms with Crippen LogP contribution in [0.15, 0.2) is 24.3 Å². The third kappa shape index (κ3) is 3.07. The maximum absolute atomic E-state index is 9.21. The highest BCUT2D eigenvalue weighted by molar-refractivity contribution is 5.47.